The average molecular weight is 284 g/mol. The molecule has 0 aliphatic carbocycles. The monoisotopic (exact) mass is 284 g/mol. The number of carboxylic acid groups (broad SMARTS) is 1. The summed E-state index contributed by atoms with van der Waals surface area (Å²) in [6.07, 6.45) is -3.22. The fourth-order valence-corrected chi connectivity index (χ4v) is 1.77. The van der Waals surface area contributed by atoms with Gasteiger partial charge >= 0.3 is 5.97 Å². The van der Waals surface area contributed by atoms with Crippen molar-refractivity contribution in [3.8, 4) is 11.5 Å². The SMILES string of the molecule is COc1cc(C=O)c(C(O)C(O)CC(=O)O)cc1OC. The quantitative estimate of drug-likeness (QED) is 0.620. The maximum atomic E-state index is 11.0. The van der Waals surface area contributed by atoms with Crippen LogP contribution in [-0.2, 0) is 4.79 Å². The molecule has 1 aromatic rings. The number of methoxy groups -OCH3 is 2. The second kappa shape index (κ2) is 6.88. The van der Waals surface area contributed by atoms with Crippen molar-refractivity contribution in [1.82, 2.24) is 0 Å². The van der Waals surface area contributed by atoms with Gasteiger partial charge in [-0.25, -0.2) is 0 Å². The van der Waals surface area contributed by atoms with Crippen LogP contribution in [0.25, 0.3) is 0 Å². The van der Waals surface area contributed by atoms with E-state index in [4.69, 9.17) is 14.6 Å². The number of ether oxygens (including phenoxy) is 2. The van der Waals surface area contributed by atoms with Crippen molar-refractivity contribution in [2.75, 3.05) is 14.2 Å². The number of aliphatic hydroxyl groups is 2. The zero-order valence-electron chi connectivity index (χ0n) is 11.1. The first kappa shape index (κ1) is 15.9. The summed E-state index contributed by atoms with van der Waals surface area (Å²) in [4.78, 5) is 21.6. The Morgan fingerprint density at radius 3 is 2.25 bits per heavy atom. The molecular formula is C13H16O7. The molecule has 1 rings (SSSR count). The largest absolute Gasteiger partial charge is 0.493 e. The van der Waals surface area contributed by atoms with Gasteiger partial charge in [0.15, 0.2) is 17.8 Å². The second-order valence-electron chi connectivity index (χ2n) is 4.06. The van der Waals surface area contributed by atoms with Gasteiger partial charge in [-0.3, -0.25) is 9.59 Å². The third-order valence-corrected chi connectivity index (χ3v) is 2.78. The molecule has 0 fully saturated rings. The predicted molar refractivity (Wildman–Crippen MR) is 68.2 cm³/mol. The van der Waals surface area contributed by atoms with Gasteiger partial charge in [-0.15, -0.1) is 0 Å². The van der Waals surface area contributed by atoms with Crippen LogP contribution in [0, 0.1) is 0 Å². The van der Waals surface area contributed by atoms with E-state index in [0.717, 1.165) is 0 Å². The van der Waals surface area contributed by atoms with E-state index in [1.54, 1.807) is 0 Å². The highest BCUT2D eigenvalue weighted by molar-refractivity contribution is 5.79. The van der Waals surface area contributed by atoms with Crippen LogP contribution in [0.5, 0.6) is 11.5 Å². The molecule has 0 aromatic heterocycles. The predicted octanol–water partition coefficient (Wildman–Crippen LogP) is 0.385. The minimum Gasteiger partial charge on any atom is -0.493 e. The van der Waals surface area contributed by atoms with E-state index in [-0.39, 0.29) is 16.9 Å². The molecule has 1 aromatic carbocycles. The Kier molecular flexibility index (Phi) is 5.48. The zero-order valence-corrected chi connectivity index (χ0v) is 11.1. The molecule has 0 saturated carbocycles. The number of carbonyl (C=O) groups is 2. The number of hydrogen-bond acceptors (Lipinski definition) is 6. The van der Waals surface area contributed by atoms with Crippen LogP contribution in [0.4, 0.5) is 0 Å². The molecular weight excluding hydrogens is 268 g/mol. The van der Waals surface area contributed by atoms with E-state index in [2.05, 4.69) is 0 Å². The van der Waals surface area contributed by atoms with Gasteiger partial charge in [0.1, 0.15) is 6.10 Å². The lowest BCUT2D eigenvalue weighted by Gasteiger charge is -2.20. The molecule has 3 N–H and O–H groups in total. The number of hydrogen-bond donors (Lipinski definition) is 3. The highest BCUT2D eigenvalue weighted by atomic mass is 16.5. The van der Waals surface area contributed by atoms with Crippen LogP contribution in [0.3, 0.4) is 0 Å². The lowest BCUT2D eigenvalue weighted by molar-refractivity contribution is -0.141. The van der Waals surface area contributed by atoms with Crippen LogP contribution in [0.2, 0.25) is 0 Å². The number of aliphatic hydroxyl groups excluding tert-OH is 2. The first-order chi connectivity index (χ1) is 9.44. The molecule has 7 nitrogen and oxygen atoms in total. The summed E-state index contributed by atoms with van der Waals surface area (Å²) in [5.41, 5.74) is 0.158. The molecule has 2 unspecified atom stereocenters. The smallest absolute Gasteiger partial charge is 0.306 e. The zero-order chi connectivity index (χ0) is 15.3. The summed E-state index contributed by atoms with van der Waals surface area (Å²) in [6.45, 7) is 0. The van der Waals surface area contributed by atoms with Gasteiger partial charge in [0.05, 0.1) is 26.7 Å². The highest BCUT2D eigenvalue weighted by Gasteiger charge is 2.25. The van der Waals surface area contributed by atoms with Crippen molar-refractivity contribution in [3.05, 3.63) is 23.3 Å². The van der Waals surface area contributed by atoms with Crippen LogP contribution in [0.15, 0.2) is 12.1 Å². The average Bonchev–Trinajstić information content (AvgIpc) is 2.44. The standard InChI is InChI=1S/C13H16O7/c1-19-10-3-7(6-14)8(4-11(10)20-2)13(18)9(15)5-12(16)17/h3-4,6,9,13,15,18H,5H2,1-2H3,(H,16,17). The third-order valence-electron chi connectivity index (χ3n) is 2.78. The molecule has 0 radical (unpaired) electrons. The van der Waals surface area contributed by atoms with Gasteiger partial charge in [-0.1, -0.05) is 0 Å². The van der Waals surface area contributed by atoms with Gasteiger partial charge < -0.3 is 24.8 Å². The van der Waals surface area contributed by atoms with Crippen LogP contribution in [0.1, 0.15) is 28.4 Å². The van der Waals surface area contributed by atoms with E-state index >= 15 is 0 Å². The van der Waals surface area contributed by atoms with Crippen LogP contribution < -0.4 is 9.47 Å². The van der Waals surface area contributed by atoms with Crippen LogP contribution >= 0.6 is 0 Å². The fourth-order valence-electron chi connectivity index (χ4n) is 1.77. The van der Waals surface area contributed by atoms with E-state index < -0.39 is 24.6 Å². The number of carbonyl (C=O) groups excluding carboxylic acids is 1. The van der Waals surface area contributed by atoms with Gasteiger partial charge in [-0.2, -0.15) is 0 Å². The second-order valence-corrected chi connectivity index (χ2v) is 4.06. The molecule has 20 heavy (non-hydrogen) atoms. The summed E-state index contributed by atoms with van der Waals surface area (Å²) in [7, 11) is 2.77. The summed E-state index contributed by atoms with van der Waals surface area (Å²) >= 11 is 0. The van der Waals surface area contributed by atoms with Crippen LogP contribution in [-0.4, -0.2) is 47.9 Å². The van der Waals surface area contributed by atoms with Crippen molar-refractivity contribution in [2.24, 2.45) is 0 Å². The highest BCUT2D eigenvalue weighted by Crippen LogP contribution is 2.34. The van der Waals surface area contributed by atoms with E-state index in [1.165, 1.54) is 26.4 Å². The van der Waals surface area contributed by atoms with Crippen molar-refractivity contribution < 1.29 is 34.4 Å². The molecule has 0 aliphatic rings. The van der Waals surface area contributed by atoms with E-state index in [1.807, 2.05) is 0 Å². The van der Waals surface area contributed by atoms with Crippen molar-refractivity contribution in [2.45, 2.75) is 18.6 Å². The maximum absolute atomic E-state index is 11.0. The Bertz CT molecular complexity index is 498. The lowest BCUT2D eigenvalue weighted by atomic mass is 9.97. The van der Waals surface area contributed by atoms with Gasteiger partial charge in [0.2, 0.25) is 0 Å². The lowest BCUT2D eigenvalue weighted by Crippen LogP contribution is -2.22. The van der Waals surface area contributed by atoms with Crippen molar-refractivity contribution in [1.29, 1.82) is 0 Å². The Hall–Kier alpha value is -2.12. The molecule has 0 aliphatic heterocycles. The molecule has 0 heterocycles. The molecule has 110 valence electrons. The van der Waals surface area contributed by atoms with Gasteiger partial charge in [-0.05, 0) is 17.7 Å². The Morgan fingerprint density at radius 1 is 1.25 bits per heavy atom. The summed E-state index contributed by atoms with van der Waals surface area (Å²) < 4.78 is 10.1. The first-order valence-corrected chi connectivity index (χ1v) is 5.73. The topological polar surface area (TPSA) is 113 Å². The minimum absolute atomic E-state index is 0.0754. The normalized spacial score (nSPS) is 13.4. The van der Waals surface area contributed by atoms with Crippen molar-refractivity contribution in [3.63, 3.8) is 0 Å². The molecule has 0 saturated heterocycles. The Morgan fingerprint density at radius 2 is 1.80 bits per heavy atom. The molecule has 7 heteroatoms. The first-order valence-electron chi connectivity index (χ1n) is 5.73. The summed E-state index contributed by atoms with van der Waals surface area (Å²) in [6, 6.07) is 2.68. The van der Waals surface area contributed by atoms with E-state index in [9.17, 15) is 19.8 Å². The minimum atomic E-state index is -1.54. The Balaban J connectivity index is 3.21. The van der Waals surface area contributed by atoms with Gasteiger partial charge in [0.25, 0.3) is 0 Å². The molecule has 2 atom stereocenters. The number of aldehydes is 1. The third kappa shape index (κ3) is 3.46. The molecule has 0 bridgehead atoms. The number of rotatable bonds is 7. The molecule has 0 spiro atoms. The summed E-state index contributed by atoms with van der Waals surface area (Å²) in [5, 5.41) is 28.2. The van der Waals surface area contributed by atoms with E-state index in [0.29, 0.717) is 12.0 Å². The Labute approximate surface area is 115 Å². The van der Waals surface area contributed by atoms with Crippen molar-refractivity contribution >= 4 is 12.3 Å². The number of aliphatic carboxylic acids is 1. The summed E-state index contributed by atoms with van der Waals surface area (Å²) in [5.74, 6) is -0.711. The molecule has 0 amide bonds. The number of benzene rings is 1. The fraction of sp³-hybridized carbons (Fsp3) is 0.385. The maximum Gasteiger partial charge on any atom is 0.306 e. The number of carboxylic acids is 1. The van der Waals surface area contributed by atoms with Gasteiger partial charge in [0, 0.05) is 5.56 Å².